The largest absolute Gasteiger partial charge is 0.870 e. The molecule has 0 aliphatic carbocycles. The van der Waals surface area contributed by atoms with Gasteiger partial charge in [-0.2, -0.15) is 0 Å². The maximum Gasteiger partial charge on any atom is -0.870 e. The first kappa shape index (κ1) is 13.7. The Hall–Kier alpha value is -0.905. The number of hydrogen-bond donors (Lipinski definition) is 1. The van der Waals surface area contributed by atoms with Crippen LogP contribution < -0.4 is 5.46 Å². The van der Waals surface area contributed by atoms with Crippen LogP contribution in [0.1, 0.15) is 5.56 Å². The number of benzene rings is 1. The summed E-state index contributed by atoms with van der Waals surface area (Å²) in [5.74, 6) is -0.447. The molecular formula is C7H8BFO3. The van der Waals surface area contributed by atoms with Crippen LogP contribution in [0.15, 0.2) is 18.2 Å². The zero-order chi connectivity index (χ0) is 7.56. The molecule has 0 amide bonds. The molecule has 0 heterocycles. The van der Waals surface area contributed by atoms with Crippen LogP contribution in [0.25, 0.3) is 0 Å². The first-order chi connectivity index (χ1) is 4.74. The Labute approximate surface area is 70.9 Å². The Morgan fingerprint density at radius 3 is 2.33 bits per heavy atom. The second-order valence-corrected chi connectivity index (χ2v) is 2.01. The van der Waals surface area contributed by atoms with Gasteiger partial charge in [0.2, 0.25) is 0 Å². The van der Waals surface area contributed by atoms with E-state index in [9.17, 15) is 4.39 Å². The van der Waals surface area contributed by atoms with E-state index < -0.39 is 5.82 Å². The quantitative estimate of drug-likeness (QED) is 0.590. The molecule has 0 aliphatic rings. The molecule has 0 saturated heterocycles. The molecule has 0 aromatic heterocycles. The Balaban J connectivity index is 0. The molecule has 0 saturated carbocycles. The summed E-state index contributed by atoms with van der Waals surface area (Å²) in [6.45, 7) is -0.107. The fourth-order valence-electron chi connectivity index (χ4n) is 0.692. The van der Waals surface area contributed by atoms with Gasteiger partial charge >= 0.3 is 59.0 Å². The van der Waals surface area contributed by atoms with Crippen molar-refractivity contribution in [2.75, 3.05) is 0 Å². The summed E-state index contributed by atoms with van der Waals surface area (Å²) in [7, 11) is 5.21. The van der Waals surface area contributed by atoms with E-state index in [1.807, 2.05) is 0 Å². The maximum absolute atomic E-state index is 12.4. The molecule has 0 spiro atoms. The van der Waals surface area contributed by atoms with Crippen LogP contribution in [-0.2, 0) is 6.61 Å². The minimum Gasteiger partial charge on any atom is -0.870 e. The first-order valence-electron chi connectivity index (χ1n) is 2.89. The van der Waals surface area contributed by atoms with Gasteiger partial charge in [0, 0.05) is 0 Å². The van der Waals surface area contributed by atoms with Gasteiger partial charge in [0.05, 0.1) is 0 Å². The fourth-order valence-corrected chi connectivity index (χ4v) is 0.692. The standard InChI is InChI=1S/C7H6BFO.2H2O/c8-6-3-5(4-10)1-2-7(6)9;;/h1-3,10H,4H2;2*1H2/q+2;;/p-2. The molecule has 0 fully saturated rings. The molecule has 1 rings (SSSR count). The minimum atomic E-state index is -0.447. The molecule has 3 N–H and O–H groups in total. The molecule has 0 atom stereocenters. The number of aliphatic hydroxyl groups excluding tert-OH is 1. The van der Waals surface area contributed by atoms with E-state index in [0.29, 0.717) is 5.56 Å². The van der Waals surface area contributed by atoms with Gasteiger partial charge in [0.25, 0.3) is 0 Å². The SMILES string of the molecule is [B+2]c1cc(CO)ccc1F.[OH-].[OH-]. The maximum atomic E-state index is 12.4. The van der Waals surface area contributed by atoms with Crippen molar-refractivity contribution in [3.63, 3.8) is 0 Å². The monoisotopic (exact) mass is 170 g/mol. The Morgan fingerprint density at radius 1 is 1.33 bits per heavy atom. The number of rotatable bonds is 1. The van der Waals surface area contributed by atoms with Crippen LogP contribution in [0.2, 0.25) is 0 Å². The molecule has 3 nitrogen and oxygen atoms in total. The normalized spacial score (nSPS) is 8.33. The zero-order valence-corrected chi connectivity index (χ0v) is 6.24. The van der Waals surface area contributed by atoms with Crippen molar-refractivity contribution in [2.24, 2.45) is 0 Å². The Kier molecular flexibility index (Phi) is 6.50. The third kappa shape index (κ3) is 3.00. The van der Waals surface area contributed by atoms with Crippen LogP contribution in [0.4, 0.5) is 4.39 Å². The van der Waals surface area contributed by atoms with Crippen molar-refractivity contribution in [3.05, 3.63) is 29.6 Å². The summed E-state index contributed by atoms with van der Waals surface area (Å²) in [5, 5.41) is 8.57. The van der Waals surface area contributed by atoms with E-state index in [2.05, 4.69) is 0 Å². The molecular weight excluding hydrogens is 162 g/mol. The average Bonchev–Trinajstić information content (AvgIpc) is 1.95. The summed E-state index contributed by atoms with van der Waals surface area (Å²) >= 11 is 0. The second-order valence-electron chi connectivity index (χ2n) is 2.01. The van der Waals surface area contributed by atoms with Crippen molar-refractivity contribution >= 4 is 13.3 Å². The van der Waals surface area contributed by atoms with Crippen LogP contribution in [0, 0.1) is 5.82 Å². The smallest absolute Gasteiger partial charge is 0.870 e. The van der Waals surface area contributed by atoms with Gasteiger partial charge in [0.15, 0.2) is 0 Å². The van der Waals surface area contributed by atoms with E-state index in [1.165, 1.54) is 18.2 Å². The molecule has 0 aliphatic heterocycles. The summed E-state index contributed by atoms with van der Waals surface area (Å²) in [6.07, 6.45) is 0. The van der Waals surface area contributed by atoms with E-state index in [0.717, 1.165) is 0 Å². The third-order valence-corrected chi connectivity index (χ3v) is 1.24. The van der Waals surface area contributed by atoms with E-state index in [1.54, 1.807) is 0 Å². The summed E-state index contributed by atoms with van der Waals surface area (Å²) in [6, 6.07) is 4.14. The van der Waals surface area contributed by atoms with Crippen LogP contribution in [0.5, 0.6) is 0 Å². The predicted octanol–water partition coefficient (Wildman–Crippen LogP) is -0.242. The zero-order valence-electron chi connectivity index (χ0n) is 6.24. The molecule has 12 heavy (non-hydrogen) atoms. The fraction of sp³-hybridized carbons (Fsp3) is 0.143. The molecule has 0 radical (unpaired) electrons. The Bertz CT molecular complexity index is 242. The van der Waals surface area contributed by atoms with Gasteiger partial charge in [0.1, 0.15) is 0 Å². The van der Waals surface area contributed by atoms with Crippen molar-refractivity contribution in [1.29, 1.82) is 0 Å². The van der Waals surface area contributed by atoms with Crippen LogP contribution >= 0.6 is 0 Å². The van der Waals surface area contributed by atoms with Gasteiger partial charge in [-0.1, -0.05) is 0 Å². The summed E-state index contributed by atoms with van der Waals surface area (Å²) in [5.41, 5.74) is 0.699. The van der Waals surface area contributed by atoms with Crippen molar-refractivity contribution in [3.8, 4) is 0 Å². The van der Waals surface area contributed by atoms with E-state index in [4.69, 9.17) is 13.0 Å². The Morgan fingerprint density at radius 2 is 1.92 bits per heavy atom. The van der Waals surface area contributed by atoms with Crippen molar-refractivity contribution in [1.82, 2.24) is 0 Å². The van der Waals surface area contributed by atoms with E-state index >= 15 is 0 Å². The number of hydrogen-bond acceptors (Lipinski definition) is 3. The van der Waals surface area contributed by atoms with Crippen LogP contribution in [0.3, 0.4) is 0 Å². The van der Waals surface area contributed by atoms with Gasteiger partial charge < -0.3 is 11.0 Å². The molecule has 1 aromatic rings. The van der Waals surface area contributed by atoms with Crippen molar-refractivity contribution < 1.29 is 20.4 Å². The summed E-state index contributed by atoms with van der Waals surface area (Å²) < 4.78 is 12.4. The number of halogens is 1. The van der Waals surface area contributed by atoms with Gasteiger partial charge in [-0.25, -0.2) is 0 Å². The van der Waals surface area contributed by atoms with Crippen molar-refractivity contribution in [2.45, 2.75) is 6.61 Å². The minimum absolute atomic E-state index is 0. The molecule has 0 bridgehead atoms. The second kappa shape index (κ2) is 5.71. The van der Waals surface area contributed by atoms with Crippen LogP contribution in [-0.4, -0.2) is 23.9 Å². The van der Waals surface area contributed by atoms with Gasteiger partial charge in [-0.05, 0) is 0 Å². The third-order valence-electron chi connectivity index (χ3n) is 1.24. The molecule has 5 heteroatoms. The molecule has 64 valence electrons. The molecule has 0 unspecified atom stereocenters. The molecule has 1 aromatic carbocycles. The topological polar surface area (TPSA) is 80.2 Å². The average molecular weight is 170 g/mol. The van der Waals surface area contributed by atoms with E-state index in [-0.39, 0.29) is 23.0 Å². The first-order valence-corrected chi connectivity index (χ1v) is 2.89. The number of aliphatic hydroxyl groups is 1. The summed E-state index contributed by atoms with van der Waals surface area (Å²) in [4.78, 5) is 0. The van der Waals surface area contributed by atoms with Gasteiger partial charge in [-0.15, -0.1) is 0 Å². The predicted molar refractivity (Wildman–Crippen MR) is 41.6 cm³/mol. The van der Waals surface area contributed by atoms with Gasteiger partial charge in [-0.3, -0.25) is 0 Å².